The summed E-state index contributed by atoms with van der Waals surface area (Å²) in [6.45, 7) is -0.380. The Labute approximate surface area is 191 Å². The van der Waals surface area contributed by atoms with Crippen LogP contribution in [-0.2, 0) is 19.1 Å². The standard InChI is InChI=1S/C26H26FNO5/c27-15-5-1-13(2-6-15)21(29)12-33-26(32)14-3-7-16(8-4-14)28-24(30)22-17-9-10-18(20-11-19(17)20)23(22)25(28)31/h1-2,5-6,9-10,14,16-20,22-23H,3-4,7-8,11-12H2. The van der Waals surface area contributed by atoms with Crippen molar-refractivity contribution >= 4 is 23.6 Å². The maximum atomic E-state index is 13.3. The van der Waals surface area contributed by atoms with Gasteiger partial charge in [0.15, 0.2) is 12.4 Å². The van der Waals surface area contributed by atoms with Gasteiger partial charge in [-0.3, -0.25) is 24.1 Å². The summed E-state index contributed by atoms with van der Waals surface area (Å²) in [6.07, 6.45) is 7.71. The summed E-state index contributed by atoms with van der Waals surface area (Å²) in [5.41, 5.74) is 0.293. The number of Topliss-reactive ketones (excluding diaryl/α,β-unsaturated/α-hetero) is 1. The molecule has 5 aliphatic carbocycles. The van der Waals surface area contributed by atoms with E-state index in [0.717, 1.165) is 6.42 Å². The summed E-state index contributed by atoms with van der Waals surface area (Å²) in [7, 11) is 0. The fourth-order valence-corrected chi connectivity index (χ4v) is 6.88. The Hall–Kier alpha value is -2.83. The molecule has 33 heavy (non-hydrogen) atoms. The smallest absolute Gasteiger partial charge is 0.309 e. The van der Waals surface area contributed by atoms with Crippen molar-refractivity contribution in [2.24, 2.45) is 41.4 Å². The predicted octanol–water partition coefficient (Wildman–Crippen LogP) is 3.16. The minimum Gasteiger partial charge on any atom is -0.457 e. The molecule has 6 atom stereocenters. The molecule has 6 aliphatic rings. The van der Waals surface area contributed by atoms with Crippen molar-refractivity contribution in [3.8, 4) is 0 Å². The summed E-state index contributed by atoms with van der Waals surface area (Å²) in [4.78, 5) is 52.7. The number of hydrogen-bond donors (Lipinski definition) is 0. The first-order valence-corrected chi connectivity index (χ1v) is 11.9. The molecule has 4 fully saturated rings. The number of hydrogen-bond acceptors (Lipinski definition) is 5. The van der Waals surface area contributed by atoms with E-state index in [9.17, 15) is 23.6 Å². The molecule has 1 aromatic carbocycles. The number of carbonyl (C=O) groups is 4. The summed E-state index contributed by atoms with van der Waals surface area (Å²) in [5.74, 6) is -0.370. The van der Waals surface area contributed by atoms with Crippen molar-refractivity contribution < 1.29 is 28.3 Å². The minimum absolute atomic E-state index is 0.00868. The van der Waals surface area contributed by atoms with Crippen LogP contribution in [0.3, 0.4) is 0 Å². The second-order valence-electron chi connectivity index (χ2n) is 10.2. The van der Waals surface area contributed by atoms with Gasteiger partial charge >= 0.3 is 5.97 Å². The largest absolute Gasteiger partial charge is 0.457 e. The molecule has 0 N–H and O–H groups in total. The zero-order valence-corrected chi connectivity index (χ0v) is 18.2. The highest BCUT2D eigenvalue weighted by molar-refractivity contribution is 6.06. The molecule has 0 spiro atoms. The first-order chi connectivity index (χ1) is 15.9. The first kappa shape index (κ1) is 20.8. The van der Waals surface area contributed by atoms with Crippen molar-refractivity contribution in [3.63, 3.8) is 0 Å². The Morgan fingerprint density at radius 2 is 1.48 bits per heavy atom. The minimum atomic E-state index is -0.435. The average molecular weight is 451 g/mol. The highest BCUT2D eigenvalue weighted by Gasteiger charge is 2.67. The van der Waals surface area contributed by atoms with E-state index in [4.69, 9.17) is 4.74 Å². The van der Waals surface area contributed by atoms with E-state index in [1.165, 1.54) is 29.2 Å². The van der Waals surface area contributed by atoms with E-state index in [2.05, 4.69) is 12.2 Å². The number of ether oxygens (including phenoxy) is 1. The van der Waals surface area contributed by atoms with E-state index < -0.39 is 11.8 Å². The SMILES string of the molecule is O=C(COC(=O)C1CCC(N2C(=O)C3C4C=CC(C5CC45)C3C2=O)CC1)c1ccc(F)cc1. The van der Waals surface area contributed by atoms with Crippen molar-refractivity contribution in [2.75, 3.05) is 6.61 Å². The molecule has 0 aromatic heterocycles. The highest BCUT2D eigenvalue weighted by atomic mass is 19.1. The van der Waals surface area contributed by atoms with Crippen LogP contribution in [0, 0.1) is 47.2 Å². The zero-order valence-electron chi connectivity index (χ0n) is 18.2. The normalized spacial score (nSPS) is 38.2. The summed E-state index contributed by atoms with van der Waals surface area (Å²) in [6, 6.07) is 4.96. The number of allylic oxidation sites excluding steroid dienone is 2. The molecule has 3 saturated carbocycles. The van der Waals surface area contributed by atoms with Crippen molar-refractivity contribution in [2.45, 2.75) is 38.1 Å². The molecule has 1 heterocycles. The maximum Gasteiger partial charge on any atom is 0.309 e. The number of carbonyl (C=O) groups excluding carboxylic acids is 4. The van der Waals surface area contributed by atoms with Crippen LogP contribution in [-0.4, -0.2) is 41.1 Å². The second kappa shape index (κ2) is 7.61. The van der Waals surface area contributed by atoms with Gasteiger partial charge < -0.3 is 4.74 Å². The van der Waals surface area contributed by atoms with E-state index in [-0.39, 0.29) is 59.8 Å². The Morgan fingerprint density at radius 3 is 2.06 bits per heavy atom. The van der Waals surface area contributed by atoms with Crippen LogP contribution < -0.4 is 0 Å². The second-order valence-corrected chi connectivity index (χ2v) is 10.2. The van der Waals surface area contributed by atoms with Gasteiger partial charge in [0.25, 0.3) is 0 Å². The van der Waals surface area contributed by atoms with Crippen LogP contribution in [0.4, 0.5) is 4.39 Å². The van der Waals surface area contributed by atoms with Crippen LogP contribution in [0.2, 0.25) is 0 Å². The van der Waals surface area contributed by atoms with Crippen molar-refractivity contribution in [1.82, 2.24) is 4.90 Å². The van der Waals surface area contributed by atoms with Crippen LogP contribution >= 0.6 is 0 Å². The van der Waals surface area contributed by atoms with E-state index >= 15 is 0 Å². The van der Waals surface area contributed by atoms with Crippen LogP contribution in [0.1, 0.15) is 42.5 Å². The predicted molar refractivity (Wildman–Crippen MR) is 114 cm³/mol. The van der Waals surface area contributed by atoms with Crippen LogP contribution in [0.25, 0.3) is 0 Å². The average Bonchev–Trinajstić information content (AvgIpc) is 3.61. The van der Waals surface area contributed by atoms with Gasteiger partial charge in [-0.15, -0.1) is 0 Å². The zero-order chi connectivity index (χ0) is 22.9. The third-order valence-electron chi connectivity index (χ3n) is 8.60. The van der Waals surface area contributed by atoms with Gasteiger partial charge in [0, 0.05) is 11.6 Å². The molecule has 0 radical (unpaired) electrons. The monoisotopic (exact) mass is 451 g/mol. The Morgan fingerprint density at radius 1 is 0.909 bits per heavy atom. The molecule has 6 unspecified atom stereocenters. The van der Waals surface area contributed by atoms with Gasteiger partial charge in [0.05, 0.1) is 17.8 Å². The molecule has 172 valence electrons. The van der Waals surface area contributed by atoms with Gasteiger partial charge in [-0.2, -0.15) is 0 Å². The van der Waals surface area contributed by atoms with Crippen molar-refractivity contribution in [3.05, 3.63) is 47.8 Å². The lowest BCUT2D eigenvalue weighted by Gasteiger charge is -2.37. The number of likely N-dealkylation sites (tertiary alicyclic amines) is 1. The van der Waals surface area contributed by atoms with E-state index in [1.807, 2.05) is 0 Å². The number of nitrogens with zero attached hydrogens (tertiary/aromatic N) is 1. The van der Waals surface area contributed by atoms with Gasteiger partial charge in [0.1, 0.15) is 5.82 Å². The number of ketones is 1. The highest BCUT2D eigenvalue weighted by Crippen LogP contribution is 2.65. The number of halogens is 1. The third-order valence-corrected chi connectivity index (χ3v) is 8.60. The number of benzene rings is 1. The first-order valence-electron chi connectivity index (χ1n) is 11.9. The van der Waals surface area contributed by atoms with Crippen molar-refractivity contribution in [1.29, 1.82) is 0 Å². The summed E-state index contributed by atoms with van der Waals surface area (Å²) >= 11 is 0. The topological polar surface area (TPSA) is 80.8 Å². The molecule has 2 amide bonds. The molecule has 1 aromatic rings. The third kappa shape index (κ3) is 3.27. The number of amides is 2. The maximum absolute atomic E-state index is 13.3. The van der Waals surface area contributed by atoms with Gasteiger partial charge in [-0.1, -0.05) is 12.2 Å². The lowest BCUT2D eigenvalue weighted by atomic mass is 9.63. The lowest BCUT2D eigenvalue weighted by molar-refractivity contribution is -0.149. The molecule has 1 aliphatic heterocycles. The summed E-state index contributed by atoms with van der Waals surface area (Å²) in [5, 5.41) is 0. The Kier molecular flexibility index (Phi) is 4.78. The number of imide groups is 1. The molecular weight excluding hydrogens is 425 g/mol. The quantitative estimate of drug-likeness (QED) is 0.297. The molecule has 6 nitrogen and oxygen atoms in total. The fraction of sp³-hybridized carbons (Fsp3) is 0.538. The fourth-order valence-electron chi connectivity index (χ4n) is 6.88. The Bertz CT molecular complexity index is 1020. The van der Waals surface area contributed by atoms with Gasteiger partial charge in [0.2, 0.25) is 11.8 Å². The van der Waals surface area contributed by atoms with Gasteiger partial charge in [-0.25, -0.2) is 4.39 Å². The van der Waals surface area contributed by atoms with E-state index in [1.54, 1.807) is 0 Å². The Balaban J connectivity index is 1.04. The molecular formula is C26H26FNO5. The molecule has 1 saturated heterocycles. The molecule has 7 heteroatoms. The van der Waals surface area contributed by atoms with Gasteiger partial charge in [-0.05, 0) is 80.0 Å². The molecule has 2 bridgehead atoms. The lowest BCUT2D eigenvalue weighted by Crippen LogP contribution is -2.44. The number of esters is 1. The number of rotatable bonds is 5. The van der Waals surface area contributed by atoms with Crippen LogP contribution in [0.5, 0.6) is 0 Å². The molecule has 7 rings (SSSR count). The van der Waals surface area contributed by atoms with Crippen LogP contribution in [0.15, 0.2) is 36.4 Å². The summed E-state index contributed by atoms with van der Waals surface area (Å²) < 4.78 is 18.2. The van der Waals surface area contributed by atoms with E-state index in [0.29, 0.717) is 43.1 Å².